The lowest BCUT2D eigenvalue weighted by Crippen LogP contribution is -2.39. The zero-order valence-electron chi connectivity index (χ0n) is 13.5. The Hall–Kier alpha value is -1.48. The molecule has 0 aliphatic heterocycles. The Labute approximate surface area is 176 Å². The third-order valence-electron chi connectivity index (χ3n) is 3.87. The number of hydrogen-bond donors (Lipinski definition) is 2. The summed E-state index contributed by atoms with van der Waals surface area (Å²) >= 11 is 20.6. The molecule has 28 heavy (non-hydrogen) atoms. The van der Waals surface area contributed by atoms with Crippen LogP contribution in [0, 0.1) is 5.82 Å². The van der Waals surface area contributed by atoms with Gasteiger partial charge in [0.2, 0.25) is 0 Å². The Kier molecular flexibility index (Phi) is 6.60. The summed E-state index contributed by atoms with van der Waals surface area (Å²) in [4.78, 5) is 23.4. The number of Topliss-reactive ketones (excluding diaryl/α,β-unsaturated/α-hetero) is 1. The quantitative estimate of drug-likeness (QED) is 0.226. The van der Waals surface area contributed by atoms with Crippen molar-refractivity contribution in [1.82, 2.24) is 0 Å². The van der Waals surface area contributed by atoms with Gasteiger partial charge in [0.05, 0.1) is 20.6 Å². The van der Waals surface area contributed by atoms with Crippen molar-refractivity contribution in [2.75, 3.05) is 0 Å². The first kappa shape index (κ1) is 22.8. The van der Waals surface area contributed by atoms with Gasteiger partial charge in [-0.25, -0.2) is 9.18 Å². The molecule has 3 nitrogen and oxygen atoms in total. The summed E-state index contributed by atoms with van der Waals surface area (Å²) < 4.78 is 51.8. The number of alkyl halides is 3. The number of rotatable bonds is 5. The maximum absolute atomic E-state index is 13.8. The topological polar surface area (TPSA) is 54.4 Å². The minimum absolute atomic E-state index is 0.253. The molecule has 150 valence electrons. The highest BCUT2D eigenvalue weighted by Crippen LogP contribution is 2.49. The van der Waals surface area contributed by atoms with Crippen LogP contribution >= 0.6 is 47.4 Å². The third kappa shape index (κ3) is 4.40. The molecule has 0 saturated carbocycles. The molecule has 0 spiro atoms. The SMILES string of the molecule is O=C(CC(S)(c1cc(Cl)c(F)c(Cl)c1)C(F)(F)F)c1ccc(C(=O)O)c(Cl)c1. The molecule has 2 aromatic rings. The van der Waals surface area contributed by atoms with Crippen LogP contribution in [0.25, 0.3) is 0 Å². The Balaban J connectivity index is 2.49. The van der Waals surface area contributed by atoms with Crippen LogP contribution in [-0.4, -0.2) is 23.0 Å². The summed E-state index contributed by atoms with van der Waals surface area (Å²) in [7, 11) is 0. The summed E-state index contributed by atoms with van der Waals surface area (Å²) in [6.07, 6.45) is -6.23. The van der Waals surface area contributed by atoms with Crippen molar-refractivity contribution in [2.24, 2.45) is 0 Å². The second-order valence-corrected chi connectivity index (χ2v) is 7.70. The van der Waals surface area contributed by atoms with Crippen molar-refractivity contribution in [3.05, 3.63) is 67.9 Å². The fourth-order valence-corrected chi connectivity index (χ4v) is 3.38. The summed E-state index contributed by atoms with van der Waals surface area (Å²) in [6, 6.07) is 4.36. The van der Waals surface area contributed by atoms with E-state index < -0.39 is 50.5 Å². The number of carboxylic acid groups (broad SMARTS) is 1. The Morgan fingerprint density at radius 3 is 1.96 bits per heavy atom. The summed E-state index contributed by atoms with van der Waals surface area (Å²) in [5.41, 5.74) is -1.19. The number of carbonyl (C=O) groups is 2. The lowest BCUT2D eigenvalue weighted by Gasteiger charge is -2.31. The van der Waals surface area contributed by atoms with Gasteiger partial charge in [0.15, 0.2) is 11.6 Å². The average molecular weight is 476 g/mol. The third-order valence-corrected chi connectivity index (χ3v) is 5.40. The van der Waals surface area contributed by atoms with Crippen molar-refractivity contribution in [1.29, 1.82) is 0 Å². The van der Waals surface area contributed by atoms with E-state index in [2.05, 4.69) is 12.6 Å². The number of benzene rings is 2. The van der Waals surface area contributed by atoms with Crippen molar-refractivity contribution in [3.8, 4) is 0 Å². The molecule has 0 fully saturated rings. The normalized spacial score (nSPS) is 13.9. The second kappa shape index (κ2) is 8.10. The number of halogens is 7. The molecule has 0 bridgehead atoms. The maximum Gasteiger partial charge on any atom is 0.407 e. The van der Waals surface area contributed by atoms with E-state index in [1.54, 1.807) is 0 Å². The van der Waals surface area contributed by atoms with E-state index in [1.165, 1.54) is 0 Å². The van der Waals surface area contributed by atoms with Gasteiger partial charge in [-0.15, -0.1) is 0 Å². The molecule has 1 N–H and O–H groups in total. The van der Waals surface area contributed by atoms with Crippen LogP contribution in [-0.2, 0) is 4.75 Å². The molecule has 0 amide bonds. The number of carbonyl (C=O) groups excluding carboxylic acids is 1. The first-order chi connectivity index (χ1) is 12.8. The lowest BCUT2D eigenvalue weighted by molar-refractivity contribution is -0.160. The average Bonchev–Trinajstić information content (AvgIpc) is 2.57. The van der Waals surface area contributed by atoms with E-state index >= 15 is 0 Å². The molecule has 0 radical (unpaired) electrons. The number of carboxylic acids is 1. The van der Waals surface area contributed by atoms with Crippen molar-refractivity contribution in [3.63, 3.8) is 0 Å². The van der Waals surface area contributed by atoms with Crippen LogP contribution in [0.1, 0.15) is 32.7 Å². The van der Waals surface area contributed by atoms with Gasteiger partial charge in [0.25, 0.3) is 0 Å². The smallest absolute Gasteiger partial charge is 0.407 e. The fourth-order valence-electron chi connectivity index (χ4n) is 2.36. The van der Waals surface area contributed by atoms with Gasteiger partial charge in [-0.1, -0.05) is 40.9 Å². The predicted molar refractivity (Wildman–Crippen MR) is 100 cm³/mol. The number of aromatic carboxylic acids is 1. The Bertz CT molecular complexity index is 942. The molecule has 0 aliphatic rings. The predicted octanol–water partition coefficient (Wildman–Crippen LogP) is 6.44. The summed E-state index contributed by atoms with van der Waals surface area (Å²) in [6.45, 7) is 0. The fraction of sp³-hybridized carbons (Fsp3) is 0.176. The Morgan fingerprint density at radius 2 is 1.54 bits per heavy atom. The lowest BCUT2D eigenvalue weighted by atomic mass is 9.89. The maximum atomic E-state index is 13.8. The molecule has 0 aliphatic carbocycles. The van der Waals surface area contributed by atoms with E-state index in [1.807, 2.05) is 0 Å². The van der Waals surface area contributed by atoms with Crippen LogP contribution in [0.15, 0.2) is 30.3 Å². The minimum atomic E-state index is -5.04. The van der Waals surface area contributed by atoms with Crippen LogP contribution in [0.3, 0.4) is 0 Å². The van der Waals surface area contributed by atoms with Gasteiger partial charge in [0, 0.05) is 12.0 Å². The van der Waals surface area contributed by atoms with Gasteiger partial charge in [-0.05, 0) is 29.8 Å². The highest BCUT2D eigenvalue weighted by molar-refractivity contribution is 7.81. The molecule has 2 rings (SSSR count). The van der Waals surface area contributed by atoms with E-state index in [0.29, 0.717) is 12.1 Å². The number of ketones is 1. The van der Waals surface area contributed by atoms with Crippen molar-refractivity contribution in [2.45, 2.75) is 17.3 Å². The van der Waals surface area contributed by atoms with Crippen LogP contribution in [0.2, 0.25) is 15.1 Å². The highest BCUT2D eigenvalue weighted by atomic mass is 35.5. The molecule has 0 heterocycles. The van der Waals surface area contributed by atoms with E-state index in [-0.39, 0.29) is 16.1 Å². The molecule has 1 atom stereocenters. The van der Waals surface area contributed by atoms with Crippen LogP contribution in [0.5, 0.6) is 0 Å². The standard InChI is InChI=1S/C17H9Cl3F4O3S/c18-10-3-7(1-2-9(10)15(26)27)13(25)6-16(28,17(22,23)24)8-4-11(19)14(21)12(20)5-8/h1-5,28H,6H2,(H,26,27). The first-order valence-corrected chi connectivity index (χ1v) is 8.86. The summed E-state index contributed by atoms with van der Waals surface area (Å²) in [5.74, 6) is -3.49. The molecule has 2 aromatic carbocycles. The van der Waals surface area contributed by atoms with E-state index in [9.17, 15) is 27.2 Å². The Morgan fingerprint density at radius 1 is 1.00 bits per heavy atom. The van der Waals surface area contributed by atoms with Gasteiger partial charge in [0.1, 0.15) is 4.75 Å². The van der Waals surface area contributed by atoms with Crippen molar-refractivity contribution < 1.29 is 32.3 Å². The minimum Gasteiger partial charge on any atom is -0.478 e. The van der Waals surface area contributed by atoms with Gasteiger partial charge in [-0.3, -0.25) is 4.79 Å². The van der Waals surface area contributed by atoms with E-state index in [4.69, 9.17) is 39.9 Å². The van der Waals surface area contributed by atoms with Crippen molar-refractivity contribution >= 4 is 59.2 Å². The van der Waals surface area contributed by atoms with Gasteiger partial charge in [-0.2, -0.15) is 25.8 Å². The monoisotopic (exact) mass is 474 g/mol. The van der Waals surface area contributed by atoms with Gasteiger partial charge >= 0.3 is 12.1 Å². The number of hydrogen-bond acceptors (Lipinski definition) is 3. The largest absolute Gasteiger partial charge is 0.478 e. The summed E-state index contributed by atoms with van der Waals surface area (Å²) in [5, 5.41) is 7.29. The molecule has 0 aromatic heterocycles. The van der Waals surface area contributed by atoms with E-state index in [0.717, 1.165) is 18.2 Å². The molecule has 11 heteroatoms. The van der Waals surface area contributed by atoms with Gasteiger partial charge < -0.3 is 5.11 Å². The highest BCUT2D eigenvalue weighted by Gasteiger charge is 2.55. The molecule has 0 saturated heterocycles. The molecular weight excluding hydrogens is 467 g/mol. The zero-order valence-corrected chi connectivity index (χ0v) is 16.6. The van der Waals surface area contributed by atoms with Crippen LogP contribution < -0.4 is 0 Å². The molecular formula is C17H9Cl3F4O3S. The number of thiol groups is 1. The first-order valence-electron chi connectivity index (χ1n) is 7.28. The second-order valence-electron chi connectivity index (χ2n) is 5.71. The van der Waals surface area contributed by atoms with Crippen LogP contribution in [0.4, 0.5) is 17.6 Å². The zero-order chi connectivity index (χ0) is 21.4. The molecule has 1 unspecified atom stereocenters.